The van der Waals surface area contributed by atoms with E-state index in [2.05, 4.69) is 35.4 Å². The molecule has 0 saturated heterocycles. The molecule has 1 aromatic heterocycles. The standard InChI is InChI=1S/C25H28F3N3O3/c1-14-9-17(13-24(3,4)12-14)31-21-10-15(2)19(22(32)33)11-20(21)30-23(31)29-16-5-7-18(8-6-16)34-25(26,27)28/h5-8,10-11,14,17H,9,12-13H2,1-4H3,(H,29,30)(H,32,33)/t14-,17?/m1/s1. The molecule has 34 heavy (non-hydrogen) atoms. The van der Waals surface area contributed by atoms with Gasteiger partial charge in [0.05, 0.1) is 16.6 Å². The number of benzene rings is 2. The first-order chi connectivity index (χ1) is 15.8. The van der Waals surface area contributed by atoms with Gasteiger partial charge in [0.15, 0.2) is 0 Å². The number of carboxylic acid groups (broad SMARTS) is 1. The molecule has 0 amide bonds. The van der Waals surface area contributed by atoms with E-state index in [0.717, 1.165) is 24.8 Å². The molecule has 1 aliphatic rings. The van der Waals surface area contributed by atoms with Gasteiger partial charge in [-0.2, -0.15) is 0 Å². The summed E-state index contributed by atoms with van der Waals surface area (Å²) < 4.78 is 43.5. The lowest BCUT2D eigenvalue weighted by molar-refractivity contribution is -0.274. The number of carboxylic acids is 1. The van der Waals surface area contributed by atoms with Crippen molar-refractivity contribution in [2.45, 2.75) is 59.4 Å². The van der Waals surface area contributed by atoms with Gasteiger partial charge in [-0.3, -0.25) is 0 Å². The molecular formula is C25H28F3N3O3. The van der Waals surface area contributed by atoms with Crippen LogP contribution in [0.5, 0.6) is 5.75 Å². The van der Waals surface area contributed by atoms with E-state index in [4.69, 9.17) is 4.98 Å². The number of ether oxygens (including phenoxy) is 1. The minimum Gasteiger partial charge on any atom is -0.478 e. The van der Waals surface area contributed by atoms with Crippen LogP contribution < -0.4 is 10.1 Å². The lowest BCUT2D eigenvalue weighted by Gasteiger charge is -2.40. The Balaban J connectivity index is 1.77. The number of imidazole rings is 1. The van der Waals surface area contributed by atoms with E-state index in [9.17, 15) is 23.1 Å². The first kappa shape index (κ1) is 23.9. The van der Waals surface area contributed by atoms with Crippen molar-refractivity contribution >= 4 is 28.6 Å². The molecule has 6 nitrogen and oxygen atoms in total. The van der Waals surface area contributed by atoms with Crippen molar-refractivity contribution in [3.8, 4) is 5.75 Å². The molecule has 182 valence electrons. The minimum absolute atomic E-state index is 0.128. The van der Waals surface area contributed by atoms with E-state index >= 15 is 0 Å². The molecule has 3 aromatic rings. The van der Waals surface area contributed by atoms with Crippen molar-refractivity contribution in [2.24, 2.45) is 11.3 Å². The zero-order valence-corrected chi connectivity index (χ0v) is 19.5. The number of anilines is 2. The fourth-order valence-electron chi connectivity index (χ4n) is 5.30. The number of aromatic carboxylic acids is 1. The van der Waals surface area contributed by atoms with E-state index < -0.39 is 12.3 Å². The van der Waals surface area contributed by atoms with Crippen LogP contribution in [0.4, 0.5) is 24.8 Å². The lowest BCUT2D eigenvalue weighted by atomic mass is 9.70. The third kappa shape index (κ3) is 5.13. The number of fused-ring (bicyclic) bond motifs is 1. The summed E-state index contributed by atoms with van der Waals surface area (Å²) in [5.74, 6) is -0.305. The van der Waals surface area contributed by atoms with Crippen LogP contribution in [0.2, 0.25) is 0 Å². The summed E-state index contributed by atoms with van der Waals surface area (Å²) in [6, 6.07) is 9.02. The normalized spacial score (nSPS) is 20.3. The molecule has 0 bridgehead atoms. The first-order valence-corrected chi connectivity index (χ1v) is 11.2. The van der Waals surface area contributed by atoms with Gasteiger partial charge in [0.1, 0.15) is 5.75 Å². The second kappa shape index (κ2) is 8.52. The maximum Gasteiger partial charge on any atom is 0.573 e. The van der Waals surface area contributed by atoms with Gasteiger partial charge in [-0.1, -0.05) is 20.8 Å². The summed E-state index contributed by atoms with van der Waals surface area (Å²) in [5, 5.41) is 12.8. The number of nitrogens with zero attached hydrogens (tertiary/aromatic N) is 2. The van der Waals surface area contributed by atoms with Crippen LogP contribution in [-0.4, -0.2) is 27.0 Å². The van der Waals surface area contributed by atoms with Gasteiger partial charge < -0.3 is 19.7 Å². The monoisotopic (exact) mass is 475 g/mol. The molecule has 1 unspecified atom stereocenters. The highest BCUT2D eigenvalue weighted by molar-refractivity contribution is 5.95. The largest absolute Gasteiger partial charge is 0.573 e. The van der Waals surface area contributed by atoms with Crippen molar-refractivity contribution in [3.05, 3.63) is 47.5 Å². The number of nitrogens with one attached hydrogen (secondary N) is 1. The number of aryl methyl sites for hydroxylation is 1. The molecular weight excluding hydrogens is 447 g/mol. The Kier molecular flexibility index (Phi) is 5.99. The van der Waals surface area contributed by atoms with E-state index in [-0.39, 0.29) is 22.8 Å². The van der Waals surface area contributed by atoms with Crippen LogP contribution in [0.25, 0.3) is 11.0 Å². The lowest BCUT2D eigenvalue weighted by Crippen LogP contribution is -2.29. The van der Waals surface area contributed by atoms with Gasteiger partial charge in [0, 0.05) is 11.7 Å². The van der Waals surface area contributed by atoms with E-state index in [0.29, 0.717) is 28.6 Å². The summed E-state index contributed by atoms with van der Waals surface area (Å²) in [4.78, 5) is 16.4. The molecule has 0 radical (unpaired) electrons. The van der Waals surface area contributed by atoms with Crippen molar-refractivity contribution in [1.29, 1.82) is 0 Å². The smallest absolute Gasteiger partial charge is 0.478 e. The Morgan fingerprint density at radius 3 is 2.47 bits per heavy atom. The van der Waals surface area contributed by atoms with Crippen LogP contribution in [0, 0.1) is 18.3 Å². The second-order valence-electron chi connectivity index (χ2n) is 10.0. The maximum atomic E-state index is 12.5. The molecule has 0 aliphatic heterocycles. The average molecular weight is 476 g/mol. The zero-order valence-electron chi connectivity index (χ0n) is 19.5. The van der Waals surface area contributed by atoms with Crippen molar-refractivity contribution in [3.63, 3.8) is 0 Å². The highest BCUT2D eigenvalue weighted by atomic mass is 19.4. The Labute approximate surface area is 195 Å². The number of hydrogen-bond donors (Lipinski definition) is 2. The Bertz CT molecular complexity index is 1220. The maximum absolute atomic E-state index is 12.5. The molecule has 1 fully saturated rings. The van der Waals surface area contributed by atoms with Crippen LogP contribution in [0.15, 0.2) is 36.4 Å². The van der Waals surface area contributed by atoms with Crippen LogP contribution in [-0.2, 0) is 0 Å². The molecule has 1 aliphatic carbocycles. The van der Waals surface area contributed by atoms with Gasteiger partial charge >= 0.3 is 12.3 Å². The molecule has 1 saturated carbocycles. The molecule has 2 atom stereocenters. The number of aromatic nitrogens is 2. The quantitative estimate of drug-likeness (QED) is 0.413. The van der Waals surface area contributed by atoms with Gasteiger partial charge in [-0.25, -0.2) is 9.78 Å². The van der Waals surface area contributed by atoms with Gasteiger partial charge in [0.2, 0.25) is 5.95 Å². The van der Waals surface area contributed by atoms with Gasteiger partial charge in [-0.15, -0.1) is 13.2 Å². The SMILES string of the molecule is Cc1cc2c(cc1C(=O)O)nc(Nc1ccc(OC(F)(F)F)cc1)n2C1C[C@@H](C)CC(C)(C)C1. The van der Waals surface area contributed by atoms with E-state index in [1.54, 1.807) is 13.0 Å². The first-order valence-electron chi connectivity index (χ1n) is 11.2. The number of alkyl halides is 3. The van der Waals surface area contributed by atoms with Crippen LogP contribution in [0.3, 0.4) is 0 Å². The number of rotatable bonds is 5. The molecule has 1 heterocycles. The summed E-state index contributed by atoms with van der Waals surface area (Å²) in [6.45, 7) is 8.48. The van der Waals surface area contributed by atoms with E-state index in [1.165, 1.54) is 24.3 Å². The Morgan fingerprint density at radius 1 is 1.21 bits per heavy atom. The predicted molar refractivity (Wildman–Crippen MR) is 124 cm³/mol. The molecule has 4 rings (SSSR count). The summed E-state index contributed by atoms with van der Waals surface area (Å²) in [5.41, 5.74) is 2.89. The fourth-order valence-corrected chi connectivity index (χ4v) is 5.30. The zero-order chi connectivity index (χ0) is 24.8. The average Bonchev–Trinajstić information content (AvgIpc) is 3.02. The van der Waals surface area contributed by atoms with Crippen molar-refractivity contribution in [1.82, 2.24) is 9.55 Å². The van der Waals surface area contributed by atoms with Gasteiger partial charge in [-0.05, 0) is 79.5 Å². The van der Waals surface area contributed by atoms with E-state index in [1.807, 2.05) is 6.07 Å². The number of halogens is 3. The van der Waals surface area contributed by atoms with Crippen LogP contribution in [0.1, 0.15) is 62.0 Å². The summed E-state index contributed by atoms with van der Waals surface area (Å²) in [7, 11) is 0. The number of carbonyl (C=O) groups is 1. The molecule has 9 heteroatoms. The summed E-state index contributed by atoms with van der Waals surface area (Å²) in [6.07, 6.45) is -1.77. The molecule has 0 spiro atoms. The van der Waals surface area contributed by atoms with Crippen molar-refractivity contribution < 1.29 is 27.8 Å². The van der Waals surface area contributed by atoms with Gasteiger partial charge in [0.25, 0.3) is 0 Å². The topological polar surface area (TPSA) is 76.4 Å². The minimum atomic E-state index is -4.76. The fraction of sp³-hybridized carbons (Fsp3) is 0.440. The highest BCUT2D eigenvalue weighted by Crippen LogP contribution is 2.46. The number of hydrogen-bond acceptors (Lipinski definition) is 4. The third-order valence-electron chi connectivity index (χ3n) is 6.34. The highest BCUT2D eigenvalue weighted by Gasteiger charge is 2.35. The Hall–Kier alpha value is -3.23. The predicted octanol–water partition coefficient (Wildman–Crippen LogP) is 7.07. The van der Waals surface area contributed by atoms with Crippen LogP contribution >= 0.6 is 0 Å². The molecule has 2 aromatic carbocycles. The molecule has 2 N–H and O–H groups in total. The summed E-state index contributed by atoms with van der Waals surface area (Å²) >= 11 is 0. The Morgan fingerprint density at radius 2 is 1.88 bits per heavy atom. The van der Waals surface area contributed by atoms with Crippen molar-refractivity contribution in [2.75, 3.05) is 5.32 Å². The third-order valence-corrected chi connectivity index (χ3v) is 6.34. The second-order valence-corrected chi connectivity index (χ2v) is 10.0.